The van der Waals surface area contributed by atoms with Gasteiger partial charge in [-0.3, -0.25) is 10.1 Å². The third-order valence-electron chi connectivity index (χ3n) is 2.92. The highest BCUT2D eigenvalue weighted by molar-refractivity contribution is 5.76. The zero-order valence-corrected chi connectivity index (χ0v) is 9.48. The number of hydrogen-bond donors (Lipinski definition) is 1. The lowest BCUT2D eigenvalue weighted by Gasteiger charge is -2.13. The normalized spacial score (nSPS) is 24.3. The number of carbonyl (C=O) groups is 1. The van der Waals surface area contributed by atoms with Gasteiger partial charge in [-0.1, -0.05) is 30.3 Å². The van der Waals surface area contributed by atoms with Crippen LogP contribution in [0.5, 0.6) is 0 Å². The Morgan fingerprint density at radius 3 is 2.81 bits per heavy atom. The first-order chi connectivity index (χ1) is 7.81. The molecule has 1 unspecified atom stereocenters. The zero-order valence-electron chi connectivity index (χ0n) is 9.48. The van der Waals surface area contributed by atoms with Crippen LogP contribution in [0.1, 0.15) is 31.4 Å². The summed E-state index contributed by atoms with van der Waals surface area (Å²) in [6.45, 7) is 2.29. The largest absolute Gasteiger partial charge is 0.465 e. The van der Waals surface area contributed by atoms with Gasteiger partial charge in [-0.15, -0.1) is 0 Å². The fraction of sp³-hybridized carbons (Fsp3) is 0.462. The number of ether oxygens (including phenoxy) is 1. The Bertz CT molecular complexity index is 350. The van der Waals surface area contributed by atoms with E-state index in [9.17, 15) is 4.79 Å². The van der Waals surface area contributed by atoms with Crippen molar-refractivity contribution in [2.24, 2.45) is 0 Å². The third-order valence-corrected chi connectivity index (χ3v) is 2.92. The molecule has 1 aliphatic rings. The molecule has 0 aromatic heterocycles. The minimum Gasteiger partial charge on any atom is -0.465 e. The molecule has 86 valence electrons. The average Bonchev–Trinajstić information content (AvgIpc) is 2.80. The second-order valence-corrected chi connectivity index (χ2v) is 4.01. The minimum atomic E-state index is -0.134. The first-order valence-corrected chi connectivity index (χ1v) is 5.79. The van der Waals surface area contributed by atoms with Gasteiger partial charge in [0.2, 0.25) is 0 Å². The van der Waals surface area contributed by atoms with E-state index in [-0.39, 0.29) is 18.1 Å². The maximum atomic E-state index is 11.5. The molecule has 16 heavy (non-hydrogen) atoms. The number of esters is 1. The molecular weight excluding hydrogens is 202 g/mol. The minimum absolute atomic E-state index is 0.124. The summed E-state index contributed by atoms with van der Waals surface area (Å²) in [7, 11) is 0. The molecule has 1 aromatic carbocycles. The van der Waals surface area contributed by atoms with Crippen molar-refractivity contribution in [3.8, 4) is 0 Å². The summed E-state index contributed by atoms with van der Waals surface area (Å²) in [4.78, 5) is 11.5. The summed E-state index contributed by atoms with van der Waals surface area (Å²) < 4.78 is 5.01. The van der Waals surface area contributed by atoms with Crippen molar-refractivity contribution in [2.45, 2.75) is 31.8 Å². The predicted octanol–water partition coefficient (Wildman–Crippen LogP) is 2.04. The maximum Gasteiger partial charge on any atom is 0.323 e. The monoisotopic (exact) mass is 219 g/mol. The average molecular weight is 219 g/mol. The van der Waals surface area contributed by atoms with Crippen LogP contribution in [0.15, 0.2) is 30.3 Å². The van der Waals surface area contributed by atoms with Crippen LogP contribution in [-0.2, 0) is 9.53 Å². The lowest BCUT2D eigenvalue weighted by Crippen LogP contribution is -2.33. The van der Waals surface area contributed by atoms with Gasteiger partial charge in [0.15, 0.2) is 0 Å². The topological polar surface area (TPSA) is 38.3 Å². The molecule has 0 aliphatic carbocycles. The Morgan fingerprint density at radius 2 is 2.12 bits per heavy atom. The first kappa shape index (κ1) is 11.1. The van der Waals surface area contributed by atoms with E-state index in [1.165, 1.54) is 5.56 Å². The SMILES string of the molecule is CCOC(=O)[C@H]1CCC(c2ccccc2)N1. The van der Waals surface area contributed by atoms with Gasteiger partial charge >= 0.3 is 5.97 Å². The molecule has 1 aromatic rings. The summed E-state index contributed by atoms with van der Waals surface area (Å²) in [5, 5.41) is 3.32. The molecule has 1 saturated heterocycles. The fourth-order valence-corrected chi connectivity index (χ4v) is 2.12. The number of hydrogen-bond acceptors (Lipinski definition) is 3. The highest BCUT2D eigenvalue weighted by Gasteiger charge is 2.30. The van der Waals surface area contributed by atoms with Crippen molar-refractivity contribution in [2.75, 3.05) is 6.61 Å². The van der Waals surface area contributed by atoms with E-state index in [1.807, 2.05) is 25.1 Å². The lowest BCUT2D eigenvalue weighted by molar-refractivity contribution is -0.145. The van der Waals surface area contributed by atoms with E-state index in [0.717, 1.165) is 12.8 Å². The molecule has 1 N–H and O–H groups in total. The van der Waals surface area contributed by atoms with Crippen molar-refractivity contribution < 1.29 is 9.53 Å². The number of nitrogens with one attached hydrogen (secondary N) is 1. The van der Waals surface area contributed by atoms with E-state index in [4.69, 9.17) is 4.74 Å². The highest BCUT2D eigenvalue weighted by atomic mass is 16.5. The van der Waals surface area contributed by atoms with E-state index in [2.05, 4.69) is 17.4 Å². The van der Waals surface area contributed by atoms with Gasteiger partial charge in [-0.2, -0.15) is 0 Å². The van der Waals surface area contributed by atoms with E-state index in [0.29, 0.717) is 6.61 Å². The molecule has 1 fully saturated rings. The Balaban J connectivity index is 1.96. The number of benzene rings is 1. The Labute approximate surface area is 95.8 Å². The van der Waals surface area contributed by atoms with Crippen molar-refractivity contribution in [3.63, 3.8) is 0 Å². The van der Waals surface area contributed by atoms with Gasteiger partial charge < -0.3 is 4.74 Å². The van der Waals surface area contributed by atoms with Gasteiger partial charge in [0, 0.05) is 6.04 Å². The standard InChI is InChI=1S/C13H17NO2/c1-2-16-13(15)12-9-8-11(14-12)10-6-4-3-5-7-10/h3-7,11-12,14H,2,8-9H2,1H3/t11?,12-/m1/s1. The summed E-state index contributed by atoms with van der Waals surface area (Å²) in [5.74, 6) is -0.124. The Hall–Kier alpha value is -1.35. The third kappa shape index (κ3) is 2.42. The van der Waals surface area contributed by atoms with Crippen LogP contribution in [-0.4, -0.2) is 18.6 Å². The molecule has 1 aliphatic heterocycles. The first-order valence-electron chi connectivity index (χ1n) is 5.79. The molecule has 0 saturated carbocycles. The van der Waals surface area contributed by atoms with Crippen molar-refractivity contribution in [3.05, 3.63) is 35.9 Å². The van der Waals surface area contributed by atoms with E-state index < -0.39 is 0 Å². The van der Waals surface area contributed by atoms with Crippen LogP contribution in [0.2, 0.25) is 0 Å². The molecule has 1 heterocycles. The van der Waals surface area contributed by atoms with E-state index >= 15 is 0 Å². The quantitative estimate of drug-likeness (QED) is 0.791. The lowest BCUT2D eigenvalue weighted by atomic mass is 10.1. The molecule has 2 atom stereocenters. The molecule has 0 spiro atoms. The van der Waals surface area contributed by atoms with Gasteiger partial charge in [0.05, 0.1) is 6.61 Å². The Morgan fingerprint density at radius 1 is 1.38 bits per heavy atom. The molecule has 0 bridgehead atoms. The molecule has 3 nitrogen and oxygen atoms in total. The van der Waals surface area contributed by atoms with Gasteiger partial charge in [-0.05, 0) is 25.3 Å². The number of carbonyl (C=O) groups excluding carboxylic acids is 1. The van der Waals surface area contributed by atoms with Crippen LogP contribution in [0.25, 0.3) is 0 Å². The van der Waals surface area contributed by atoms with Crippen LogP contribution in [0.4, 0.5) is 0 Å². The molecular formula is C13H17NO2. The second kappa shape index (κ2) is 5.12. The van der Waals surface area contributed by atoms with E-state index in [1.54, 1.807) is 0 Å². The second-order valence-electron chi connectivity index (χ2n) is 4.01. The van der Waals surface area contributed by atoms with Crippen molar-refractivity contribution in [1.29, 1.82) is 0 Å². The molecule has 0 radical (unpaired) electrons. The molecule has 0 amide bonds. The fourth-order valence-electron chi connectivity index (χ4n) is 2.12. The number of rotatable bonds is 3. The van der Waals surface area contributed by atoms with Crippen molar-refractivity contribution >= 4 is 5.97 Å². The molecule has 3 heteroatoms. The summed E-state index contributed by atoms with van der Waals surface area (Å²) in [6, 6.07) is 10.4. The van der Waals surface area contributed by atoms with Gasteiger partial charge in [-0.25, -0.2) is 0 Å². The molecule has 2 rings (SSSR count). The summed E-state index contributed by atoms with van der Waals surface area (Å²) >= 11 is 0. The van der Waals surface area contributed by atoms with Gasteiger partial charge in [0.25, 0.3) is 0 Å². The maximum absolute atomic E-state index is 11.5. The smallest absolute Gasteiger partial charge is 0.323 e. The van der Waals surface area contributed by atoms with Crippen LogP contribution in [0.3, 0.4) is 0 Å². The highest BCUT2D eigenvalue weighted by Crippen LogP contribution is 2.26. The zero-order chi connectivity index (χ0) is 11.4. The summed E-state index contributed by atoms with van der Waals surface area (Å²) in [5.41, 5.74) is 1.24. The van der Waals surface area contributed by atoms with Crippen LogP contribution < -0.4 is 5.32 Å². The summed E-state index contributed by atoms with van der Waals surface area (Å²) in [6.07, 6.45) is 1.85. The van der Waals surface area contributed by atoms with Gasteiger partial charge in [0.1, 0.15) is 6.04 Å². The van der Waals surface area contributed by atoms with Crippen LogP contribution >= 0.6 is 0 Å². The Kier molecular flexibility index (Phi) is 3.57. The van der Waals surface area contributed by atoms with Crippen molar-refractivity contribution in [1.82, 2.24) is 5.32 Å². The predicted molar refractivity (Wildman–Crippen MR) is 62.0 cm³/mol. The van der Waals surface area contributed by atoms with Crippen LogP contribution in [0, 0.1) is 0 Å².